The number of likely N-dealkylation sites (tertiary alicyclic amines) is 1. The predicted octanol–water partition coefficient (Wildman–Crippen LogP) is 2.02. The molecule has 1 aliphatic heterocycles. The van der Waals surface area contributed by atoms with Crippen LogP contribution in [0.3, 0.4) is 0 Å². The van der Waals surface area contributed by atoms with Gasteiger partial charge >= 0.3 is 0 Å². The summed E-state index contributed by atoms with van der Waals surface area (Å²) in [5, 5.41) is 3.09. The molecule has 0 aromatic rings. The van der Waals surface area contributed by atoms with Crippen LogP contribution in [0.25, 0.3) is 0 Å². The Morgan fingerprint density at radius 2 is 2.19 bits per heavy atom. The third-order valence-corrected chi connectivity index (χ3v) is 3.56. The van der Waals surface area contributed by atoms with Gasteiger partial charge in [0.15, 0.2) is 0 Å². The normalized spacial score (nSPS) is 23.9. The van der Waals surface area contributed by atoms with Crippen LogP contribution in [0.4, 0.5) is 0 Å². The number of nitrogens with zero attached hydrogens (tertiary/aromatic N) is 1. The van der Waals surface area contributed by atoms with Gasteiger partial charge in [-0.3, -0.25) is 4.79 Å². The van der Waals surface area contributed by atoms with Gasteiger partial charge in [-0.2, -0.15) is 0 Å². The minimum atomic E-state index is 0.108. The van der Waals surface area contributed by atoms with Crippen molar-refractivity contribution in [3.8, 4) is 0 Å². The van der Waals surface area contributed by atoms with E-state index >= 15 is 0 Å². The second-order valence-corrected chi connectivity index (χ2v) is 4.90. The molecule has 0 aromatic heterocycles. The fourth-order valence-corrected chi connectivity index (χ4v) is 2.57. The molecule has 0 spiro atoms. The first-order valence-electron chi connectivity index (χ1n) is 6.65. The van der Waals surface area contributed by atoms with Crippen molar-refractivity contribution >= 4 is 5.91 Å². The molecule has 3 nitrogen and oxygen atoms in total. The third kappa shape index (κ3) is 3.48. The minimum absolute atomic E-state index is 0.108. The van der Waals surface area contributed by atoms with E-state index in [9.17, 15) is 4.79 Å². The molecule has 1 N–H and O–H groups in total. The van der Waals surface area contributed by atoms with Crippen LogP contribution >= 0.6 is 0 Å². The van der Waals surface area contributed by atoms with Gasteiger partial charge in [-0.1, -0.05) is 26.7 Å². The first-order valence-corrected chi connectivity index (χ1v) is 6.65. The predicted molar refractivity (Wildman–Crippen MR) is 67.4 cm³/mol. The SMILES string of the molecule is CCC1CCCCCN1C(=O)C(C)CNC. The van der Waals surface area contributed by atoms with Crippen LogP contribution in [-0.2, 0) is 4.79 Å². The summed E-state index contributed by atoms with van der Waals surface area (Å²) in [7, 11) is 1.91. The molecule has 1 aliphatic rings. The van der Waals surface area contributed by atoms with Crippen molar-refractivity contribution in [3.05, 3.63) is 0 Å². The smallest absolute Gasteiger partial charge is 0.226 e. The molecule has 16 heavy (non-hydrogen) atoms. The molecule has 94 valence electrons. The summed E-state index contributed by atoms with van der Waals surface area (Å²) in [6.45, 7) is 5.96. The second kappa shape index (κ2) is 6.89. The summed E-state index contributed by atoms with van der Waals surface area (Å²) >= 11 is 0. The number of hydrogen-bond acceptors (Lipinski definition) is 2. The number of amides is 1. The Kier molecular flexibility index (Phi) is 5.81. The molecular formula is C13H26N2O. The number of hydrogen-bond donors (Lipinski definition) is 1. The van der Waals surface area contributed by atoms with Crippen molar-refractivity contribution in [3.63, 3.8) is 0 Å². The largest absolute Gasteiger partial charge is 0.339 e. The van der Waals surface area contributed by atoms with Crippen LogP contribution in [0.1, 0.15) is 46.0 Å². The molecule has 0 aromatic carbocycles. The van der Waals surface area contributed by atoms with Crippen molar-refractivity contribution in [2.75, 3.05) is 20.1 Å². The van der Waals surface area contributed by atoms with E-state index in [1.165, 1.54) is 25.7 Å². The molecule has 1 saturated heterocycles. The molecule has 1 heterocycles. The number of carbonyl (C=O) groups excluding carboxylic acids is 1. The highest BCUT2D eigenvalue weighted by Gasteiger charge is 2.26. The topological polar surface area (TPSA) is 32.3 Å². The van der Waals surface area contributed by atoms with Crippen LogP contribution in [0.2, 0.25) is 0 Å². The van der Waals surface area contributed by atoms with Gasteiger partial charge in [0.25, 0.3) is 0 Å². The number of rotatable bonds is 4. The van der Waals surface area contributed by atoms with Gasteiger partial charge in [0.2, 0.25) is 5.91 Å². The maximum absolute atomic E-state index is 12.3. The Hall–Kier alpha value is -0.570. The molecule has 0 saturated carbocycles. The van der Waals surface area contributed by atoms with Gasteiger partial charge in [0.1, 0.15) is 0 Å². The average Bonchev–Trinajstić information content (AvgIpc) is 2.53. The zero-order valence-electron chi connectivity index (χ0n) is 11.0. The molecule has 1 rings (SSSR count). The van der Waals surface area contributed by atoms with Crippen LogP contribution in [0.15, 0.2) is 0 Å². The quantitative estimate of drug-likeness (QED) is 0.795. The Morgan fingerprint density at radius 3 is 2.81 bits per heavy atom. The average molecular weight is 226 g/mol. The van der Waals surface area contributed by atoms with Crippen molar-refractivity contribution in [1.29, 1.82) is 0 Å². The first-order chi connectivity index (χ1) is 7.70. The summed E-state index contributed by atoms with van der Waals surface area (Å²) in [6.07, 6.45) is 6.02. The molecule has 3 heteroatoms. The van der Waals surface area contributed by atoms with Crippen LogP contribution in [0, 0.1) is 5.92 Å². The summed E-state index contributed by atoms with van der Waals surface area (Å²) in [4.78, 5) is 14.4. The minimum Gasteiger partial charge on any atom is -0.339 e. The van der Waals surface area contributed by atoms with Gasteiger partial charge in [0.05, 0.1) is 0 Å². The highest BCUT2D eigenvalue weighted by atomic mass is 16.2. The number of nitrogens with one attached hydrogen (secondary N) is 1. The second-order valence-electron chi connectivity index (χ2n) is 4.90. The molecule has 1 amide bonds. The van der Waals surface area contributed by atoms with Crippen LogP contribution < -0.4 is 5.32 Å². The van der Waals surface area contributed by atoms with E-state index in [1.807, 2.05) is 14.0 Å². The molecule has 2 unspecified atom stereocenters. The van der Waals surface area contributed by atoms with Crippen molar-refractivity contribution < 1.29 is 4.79 Å². The van der Waals surface area contributed by atoms with E-state index < -0.39 is 0 Å². The zero-order chi connectivity index (χ0) is 12.0. The van der Waals surface area contributed by atoms with E-state index in [0.717, 1.165) is 19.5 Å². The Bertz CT molecular complexity index is 218. The molecule has 0 aliphatic carbocycles. The monoisotopic (exact) mass is 226 g/mol. The third-order valence-electron chi connectivity index (χ3n) is 3.56. The van der Waals surface area contributed by atoms with E-state index in [4.69, 9.17) is 0 Å². The molecule has 2 atom stereocenters. The Labute approximate surface area is 99.6 Å². The zero-order valence-corrected chi connectivity index (χ0v) is 11.0. The van der Waals surface area contributed by atoms with Gasteiger partial charge in [0, 0.05) is 25.0 Å². The van der Waals surface area contributed by atoms with Gasteiger partial charge in [-0.25, -0.2) is 0 Å². The molecular weight excluding hydrogens is 200 g/mol. The van der Waals surface area contributed by atoms with Gasteiger partial charge < -0.3 is 10.2 Å². The van der Waals surface area contributed by atoms with E-state index in [1.54, 1.807) is 0 Å². The van der Waals surface area contributed by atoms with E-state index in [2.05, 4.69) is 17.1 Å². The lowest BCUT2D eigenvalue weighted by molar-refractivity contribution is -0.137. The Morgan fingerprint density at radius 1 is 1.44 bits per heavy atom. The van der Waals surface area contributed by atoms with Crippen molar-refractivity contribution in [2.45, 2.75) is 52.0 Å². The van der Waals surface area contributed by atoms with Crippen LogP contribution in [-0.4, -0.2) is 37.0 Å². The maximum atomic E-state index is 12.3. The fraction of sp³-hybridized carbons (Fsp3) is 0.923. The lowest BCUT2D eigenvalue weighted by Crippen LogP contribution is -2.44. The first kappa shape index (κ1) is 13.5. The summed E-state index contributed by atoms with van der Waals surface area (Å²) in [5.74, 6) is 0.445. The lowest BCUT2D eigenvalue weighted by atomic mass is 10.0. The lowest BCUT2D eigenvalue weighted by Gasteiger charge is -2.31. The highest BCUT2D eigenvalue weighted by Crippen LogP contribution is 2.20. The van der Waals surface area contributed by atoms with Gasteiger partial charge in [-0.05, 0) is 26.3 Å². The molecule has 0 bridgehead atoms. The van der Waals surface area contributed by atoms with Gasteiger partial charge in [-0.15, -0.1) is 0 Å². The van der Waals surface area contributed by atoms with E-state index in [-0.39, 0.29) is 5.92 Å². The van der Waals surface area contributed by atoms with Crippen molar-refractivity contribution in [2.24, 2.45) is 5.92 Å². The molecule has 1 fully saturated rings. The number of carbonyl (C=O) groups is 1. The summed E-state index contributed by atoms with van der Waals surface area (Å²) in [5.41, 5.74) is 0. The van der Waals surface area contributed by atoms with Crippen LogP contribution in [0.5, 0.6) is 0 Å². The molecule has 0 radical (unpaired) electrons. The summed E-state index contributed by atoms with van der Waals surface area (Å²) < 4.78 is 0. The standard InChI is InChI=1S/C13H26N2O/c1-4-12-8-6-5-7-9-15(12)13(16)11(2)10-14-3/h11-12,14H,4-10H2,1-3H3. The maximum Gasteiger partial charge on any atom is 0.226 e. The fourth-order valence-electron chi connectivity index (χ4n) is 2.57. The van der Waals surface area contributed by atoms with E-state index in [0.29, 0.717) is 11.9 Å². The van der Waals surface area contributed by atoms with Crippen molar-refractivity contribution in [1.82, 2.24) is 10.2 Å². The highest BCUT2D eigenvalue weighted by molar-refractivity contribution is 5.79. The Balaban J connectivity index is 2.62. The summed E-state index contributed by atoms with van der Waals surface area (Å²) in [6, 6.07) is 0.481.